The number of carbonyl (C=O) groups excluding carboxylic acids is 1. The molecule has 4 nitrogen and oxygen atoms in total. The fourth-order valence-electron chi connectivity index (χ4n) is 3.93. The van der Waals surface area contributed by atoms with Crippen molar-refractivity contribution in [3.05, 3.63) is 0 Å². The number of amides is 1. The average Bonchev–Trinajstić information content (AvgIpc) is 2.86. The van der Waals surface area contributed by atoms with Gasteiger partial charge in [0.1, 0.15) is 4.08 Å². The van der Waals surface area contributed by atoms with Crippen molar-refractivity contribution in [3.8, 4) is 0 Å². The minimum atomic E-state index is -0.713. The quantitative estimate of drug-likeness (QED) is 0.470. The molecule has 21 heavy (non-hydrogen) atoms. The topological polar surface area (TPSA) is 47.6 Å². The number of carbonyl (C=O) groups is 1. The molecule has 0 radical (unpaired) electrons. The number of nitrogens with one attached hydrogen (secondary N) is 1. The van der Waals surface area contributed by atoms with E-state index in [1.807, 2.05) is 6.26 Å². The Bertz CT molecular complexity index is 446. The van der Waals surface area contributed by atoms with Crippen molar-refractivity contribution in [2.45, 2.75) is 49.9 Å². The van der Waals surface area contributed by atoms with Gasteiger partial charge in [-0.05, 0) is 43.3 Å². The summed E-state index contributed by atoms with van der Waals surface area (Å²) in [5.41, 5.74) is 0.380. The molecule has 3 saturated carbocycles. The number of rotatable bonds is 4. The van der Waals surface area contributed by atoms with Gasteiger partial charge in [0.15, 0.2) is 0 Å². The van der Waals surface area contributed by atoms with Crippen molar-refractivity contribution in [2.75, 3.05) is 12.7 Å². The van der Waals surface area contributed by atoms with Gasteiger partial charge in [0.2, 0.25) is 5.91 Å². The summed E-state index contributed by atoms with van der Waals surface area (Å²) in [6.45, 7) is 6.47. The molecule has 0 spiro atoms. The molecule has 1 N–H and O–H groups in total. The van der Waals surface area contributed by atoms with E-state index in [0.717, 1.165) is 12.3 Å². The van der Waals surface area contributed by atoms with Crippen LogP contribution < -0.4 is 5.32 Å². The molecule has 4 rings (SSSR count). The van der Waals surface area contributed by atoms with E-state index in [-0.39, 0.29) is 25.2 Å². The number of thioether (sulfide) groups is 1. The molecule has 2 bridgehead atoms. The molecule has 5 atom stereocenters. The van der Waals surface area contributed by atoms with E-state index in [9.17, 15) is 4.79 Å². The second kappa shape index (κ2) is 5.36. The van der Waals surface area contributed by atoms with Gasteiger partial charge in [-0.3, -0.25) is 4.79 Å². The van der Waals surface area contributed by atoms with Crippen LogP contribution >= 0.6 is 24.4 Å². The molecule has 0 aromatic rings. The monoisotopic (exact) mass is 329 g/mol. The number of hydrogen-bond donors (Lipinski definition) is 2. The summed E-state index contributed by atoms with van der Waals surface area (Å²) in [5, 5.41) is 2.89. The van der Waals surface area contributed by atoms with Crippen molar-refractivity contribution in [2.24, 2.45) is 17.3 Å². The van der Waals surface area contributed by atoms with Gasteiger partial charge < -0.3 is 14.6 Å². The second-order valence-electron chi connectivity index (χ2n) is 7.20. The normalized spacial score (nSPS) is 39.2. The summed E-state index contributed by atoms with van der Waals surface area (Å²) in [7, 11) is -0.315. The SMILES string of the molecule is CSC(C)(S)C(=O)NCB1OC2CC3CC(C2O1)C3(C)C. The highest BCUT2D eigenvalue weighted by molar-refractivity contribution is 8.12. The maximum Gasteiger partial charge on any atom is 0.478 e. The highest BCUT2D eigenvalue weighted by atomic mass is 32.2. The van der Waals surface area contributed by atoms with Crippen LogP contribution in [0.1, 0.15) is 33.6 Å². The summed E-state index contributed by atoms with van der Waals surface area (Å²) in [5.74, 6) is 1.27. The zero-order valence-electron chi connectivity index (χ0n) is 13.1. The van der Waals surface area contributed by atoms with Crippen LogP contribution in [0.15, 0.2) is 0 Å². The van der Waals surface area contributed by atoms with E-state index in [0.29, 0.717) is 17.8 Å². The molecule has 1 saturated heterocycles. The van der Waals surface area contributed by atoms with Crippen LogP contribution in [0.5, 0.6) is 0 Å². The standard InChI is InChI=1S/C14H24BNO3S2/c1-13(2)8-5-9(13)11-10(6-8)18-15(19-11)7-16-12(17)14(3,20)21-4/h8-11,20H,5-7H2,1-4H3,(H,16,17). The molecule has 4 aliphatic rings. The van der Waals surface area contributed by atoms with E-state index in [2.05, 4.69) is 31.8 Å². The number of thiol groups is 1. The molecule has 4 fully saturated rings. The Labute approximate surface area is 137 Å². The van der Waals surface area contributed by atoms with Gasteiger partial charge in [0.25, 0.3) is 0 Å². The first kappa shape index (κ1) is 16.0. The van der Waals surface area contributed by atoms with Crippen LogP contribution in [0.4, 0.5) is 0 Å². The van der Waals surface area contributed by atoms with Crippen molar-refractivity contribution in [1.82, 2.24) is 5.32 Å². The zero-order valence-corrected chi connectivity index (χ0v) is 14.8. The predicted octanol–water partition coefficient (Wildman–Crippen LogP) is 1.99. The Morgan fingerprint density at radius 2 is 2.19 bits per heavy atom. The first-order valence-corrected chi connectivity index (χ1v) is 9.29. The van der Waals surface area contributed by atoms with Crippen molar-refractivity contribution >= 4 is 37.4 Å². The van der Waals surface area contributed by atoms with E-state index < -0.39 is 4.08 Å². The van der Waals surface area contributed by atoms with Crippen LogP contribution in [0.25, 0.3) is 0 Å². The Morgan fingerprint density at radius 1 is 1.48 bits per heavy atom. The molecule has 0 aromatic carbocycles. The molecule has 3 aliphatic carbocycles. The molecule has 5 unspecified atom stereocenters. The van der Waals surface area contributed by atoms with E-state index in [1.54, 1.807) is 6.92 Å². The molecule has 1 amide bonds. The van der Waals surface area contributed by atoms with Crippen molar-refractivity contribution in [3.63, 3.8) is 0 Å². The minimum absolute atomic E-state index is 0.0926. The van der Waals surface area contributed by atoms with Crippen LogP contribution in [0, 0.1) is 17.3 Å². The smallest absolute Gasteiger partial charge is 0.405 e. The largest absolute Gasteiger partial charge is 0.478 e. The van der Waals surface area contributed by atoms with Gasteiger partial charge >= 0.3 is 7.12 Å². The van der Waals surface area contributed by atoms with Gasteiger partial charge in [-0.15, -0.1) is 11.8 Å². The summed E-state index contributed by atoms with van der Waals surface area (Å²) in [6.07, 6.45) is 5.05. The third-order valence-corrected chi connectivity index (χ3v) is 7.44. The highest BCUT2D eigenvalue weighted by Gasteiger charge is 2.61. The van der Waals surface area contributed by atoms with Crippen molar-refractivity contribution in [1.29, 1.82) is 0 Å². The summed E-state index contributed by atoms with van der Waals surface area (Å²) in [4.78, 5) is 12.0. The Balaban J connectivity index is 1.53. The lowest BCUT2D eigenvalue weighted by Gasteiger charge is -2.60. The molecule has 1 heterocycles. The fraction of sp³-hybridized carbons (Fsp3) is 0.929. The van der Waals surface area contributed by atoms with Gasteiger partial charge in [0, 0.05) is 0 Å². The van der Waals surface area contributed by atoms with Crippen LogP contribution in [-0.2, 0) is 14.1 Å². The maximum absolute atomic E-state index is 12.0. The first-order chi connectivity index (χ1) is 9.75. The lowest BCUT2D eigenvalue weighted by Crippen LogP contribution is -2.59. The maximum atomic E-state index is 12.0. The molecular weight excluding hydrogens is 305 g/mol. The van der Waals surface area contributed by atoms with Gasteiger partial charge in [-0.2, -0.15) is 12.6 Å². The van der Waals surface area contributed by atoms with Gasteiger partial charge in [0.05, 0.1) is 18.7 Å². The summed E-state index contributed by atoms with van der Waals surface area (Å²) >= 11 is 5.77. The second-order valence-corrected chi connectivity index (χ2v) is 9.62. The zero-order chi connectivity index (χ0) is 15.4. The third-order valence-electron chi connectivity index (χ3n) is 5.71. The highest BCUT2D eigenvalue weighted by Crippen LogP contribution is 2.61. The number of hydrogen-bond acceptors (Lipinski definition) is 5. The van der Waals surface area contributed by atoms with E-state index in [4.69, 9.17) is 9.31 Å². The lowest BCUT2D eigenvalue weighted by molar-refractivity contribution is -0.150. The lowest BCUT2D eigenvalue weighted by atomic mass is 9.47. The molecule has 1 aliphatic heterocycles. The first-order valence-electron chi connectivity index (χ1n) is 7.62. The Hall–Kier alpha value is 0.155. The third kappa shape index (κ3) is 2.64. The van der Waals surface area contributed by atoms with Crippen molar-refractivity contribution < 1.29 is 14.1 Å². The van der Waals surface area contributed by atoms with Gasteiger partial charge in [-0.25, -0.2) is 0 Å². The minimum Gasteiger partial charge on any atom is -0.405 e. The Morgan fingerprint density at radius 3 is 2.81 bits per heavy atom. The van der Waals surface area contributed by atoms with Crippen LogP contribution in [0.3, 0.4) is 0 Å². The summed E-state index contributed by atoms with van der Waals surface area (Å²) < 4.78 is 11.4. The summed E-state index contributed by atoms with van der Waals surface area (Å²) in [6, 6.07) is 0. The van der Waals surface area contributed by atoms with Crippen LogP contribution in [0.2, 0.25) is 0 Å². The van der Waals surface area contributed by atoms with E-state index >= 15 is 0 Å². The molecule has 118 valence electrons. The van der Waals surface area contributed by atoms with Gasteiger partial charge in [-0.1, -0.05) is 13.8 Å². The average molecular weight is 329 g/mol. The molecule has 0 aromatic heterocycles. The van der Waals surface area contributed by atoms with E-state index in [1.165, 1.54) is 18.2 Å². The predicted molar refractivity (Wildman–Crippen MR) is 89.4 cm³/mol. The fourth-order valence-corrected chi connectivity index (χ4v) is 4.27. The van der Waals surface area contributed by atoms with Crippen LogP contribution in [-0.4, -0.2) is 42.0 Å². The molecule has 7 heteroatoms. The molecular formula is C14H24BNO3S2. The Kier molecular flexibility index (Phi) is 4.09.